The number of esters is 1. The standard InChI is InChI=1S/C32H30F2N6O5S/c1-38(16-21-6-3-4-14-36-21)17-23-27-29(42)39(15-13-26(41)45-2)32(44)40(18-22-24(33)7-5-8-25(22)34)30(27)46-28(23)19-9-11-20(12-10-19)37-31(35)43/h3-12,14H,13,15-18H2,1-2H3,(H3,35,37,43). The Morgan fingerprint density at radius 3 is 2.33 bits per heavy atom. The molecule has 3 N–H and O–H groups in total. The fourth-order valence-corrected chi connectivity index (χ4v) is 6.43. The number of primary amides is 1. The first-order valence-electron chi connectivity index (χ1n) is 14.1. The molecule has 0 aliphatic rings. The van der Waals surface area contributed by atoms with Gasteiger partial charge in [-0.3, -0.25) is 28.6 Å². The molecule has 0 bridgehead atoms. The number of amides is 2. The van der Waals surface area contributed by atoms with Crippen LogP contribution in [0.5, 0.6) is 0 Å². The smallest absolute Gasteiger partial charge is 0.332 e. The molecule has 238 valence electrons. The number of fused-ring (bicyclic) bond motifs is 1. The van der Waals surface area contributed by atoms with Crippen molar-refractivity contribution in [2.24, 2.45) is 5.73 Å². The number of carbonyl (C=O) groups is 2. The topological polar surface area (TPSA) is 142 Å². The maximum absolute atomic E-state index is 14.9. The van der Waals surface area contributed by atoms with Gasteiger partial charge in [0.1, 0.15) is 16.5 Å². The number of pyridine rings is 1. The molecule has 3 heterocycles. The molecular weight excluding hydrogens is 618 g/mol. The van der Waals surface area contributed by atoms with E-state index in [1.54, 1.807) is 36.5 Å². The van der Waals surface area contributed by atoms with Gasteiger partial charge in [0.2, 0.25) is 0 Å². The lowest BCUT2D eigenvalue weighted by Crippen LogP contribution is -2.41. The average molecular weight is 649 g/mol. The summed E-state index contributed by atoms with van der Waals surface area (Å²) < 4.78 is 36.5. The van der Waals surface area contributed by atoms with Gasteiger partial charge in [-0.25, -0.2) is 18.4 Å². The molecule has 14 heteroatoms. The minimum absolute atomic E-state index is 0.174. The van der Waals surface area contributed by atoms with Crippen LogP contribution < -0.4 is 22.3 Å². The van der Waals surface area contributed by atoms with Gasteiger partial charge in [0, 0.05) is 42.0 Å². The van der Waals surface area contributed by atoms with Gasteiger partial charge in [0.05, 0.1) is 31.2 Å². The Balaban J connectivity index is 1.75. The number of nitrogens with two attached hydrogens (primary N) is 1. The van der Waals surface area contributed by atoms with Gasteiger partial charge in [-0.2, -0.15) is 0 Å². The van der Waals surface area contributed by atoms with Crippen molar-refractivity contribution in [3.8, 4) is 10.4 Å². The number of hydrogen-bond acceptors (Lipinski definition) is 8. The predicted octanol–water partition coefficient (Wildman–Crippen LogP) is 4.30. The molecule has 0 unspecified atom stereocenters. The highest BCUT2D eigenvalue weighted by atomic mass is 32.1. The Bertz CT molecular complexity index is 2010. The lowest BCUT2D eigenvalue weighted by molar-refractivity contribution is -0.140. The van der Waals surface area contributed by atoms with Gasteiger partial charge < -0.3 is 15.8 Å². The molecule has 0 aliphatic heterocycles. The number of aromatic nitrogens is 3. The quantitative estimate of drug-likeness (QED) is 0.204. The molecule has 46 heavy (non-hydrogen) atoms. The first-order chi connectivity index (χ1) is 22.1. The Labute approximate surface area is 265 Å². The zero-order valence-corrected chi connectivity index (χ0v) is 25.8. The maximum Gasteiger partial charge on any atom is 0.332 e. The highest BCUT2D eigenvalue weighted by molar-refractivity contribution is 7.22. The molecule has 0 atom stereocenters. The van der Waals surface area contributed by atoms with Crippen molar-refractivity contribution in [2.75, 3.05) is 19.5 Å². The van der Waals surface area contributed by atoms with Gasteiger partial charge in [0.25, 0.3) is 5.56 Å². The lowest BCUT2D eigenvalue weighted by atomic mass is 10.1. The van der Waals surface area contributed by atoms with Crippen LogP contribution in [0.3, 0.4) is 0 Å². The zero-order chi connectivity index (χ0) is 33.0. The fraction of sp³-hybridized carbons (Fsp3) is 0.219. The Hall–Kier alpha value is -5.21. The number of urea groups is 1. The second-order valence-corrected chi connectivity index (χ2v) is 11.5. The van der Waals surface area contributed by atoms with Crippen molar-refractivity contribution in [1.82, 2.24) is 19.0 Å². The molecule has 11 nitrogen and oxygen atoms in total. The van der Waals surface area contributed by atoms with Gasteiger partial charge in [0.15, 0.2) is 0 Å². The summed E-state index contributed by atoms with van der Waals surface area (Å²) in [5, 5.41) is 2.68. The Morgan fingerprint density at radius 1 is 0.978 bits per heavy atom. The summed E-state index contributed by atoms with van der Waals surface area (Å²) in [6.45, 7) is -0.152. The van der Waals surface area contributed by atoms with Crippen LogP contribution in [0.1, 0.15) is 23.2 Å². The number of thiophene rings is 1. The summed E-state index contributed by atoms with van der Waals surface area (Å²) in [7, 11) is 3.04. The predicted molar refractivity (Wildman–Crippen MR) is 170 cm³/mol. The molecule has 0 saturated carbocycles. The Morgan fingerprint density at radius 2 is 1.70 bits per heavy atom. The van der Waals surface area contributed by atoms with Crippen molar-refractivity contribution < 1.29 is 23.1 Å². The average Bonchev–Trinajstić information content (AvgIpc) is 3.39. The van der Waals surface area contributed by atoms with Crippen LogP contribution in [-0.2, 0) is 35.7 Å². The van der Waals surface area contributed by atoms with E-state index in [1.807, 2.05) is 24.1 Å². The maximum atomic E-state index is 14.9. The van der Waals surface area contributed by atoms with Crippen LogP contribution in [0.2, 0.25) is 0 Å². The van der Waals surface area contributed by atoms with E-state index in [9.17, 15) is 28.0 Å². The fourth-order valence-electron chi connectivity index (χ4n) is 5.13. The number of anilines is 1. The zero-order valence-electron chi connectivity index (χ0n) is 25.0. The number of methoxy groups -OCH3 is 1. The number of benzene rings is 2. The molecule has 5 rings (SSSR count). The van der Waals surface area contributed by atoms with Crippen LogP contribution in [0, 0.1) is 11.6 Å². The lowest BCUT2D eigenvalue weighted by Gasteiger charge is -2.18. The third-order valence-electron chi connectivity index (χ3n) is 7.30. The van der Waals surface area contributed by atoms with E-state index in [4.69, 9.17) is 10.5 Å². The summed E-state index contributed by atoms with van der Waals surface area (Å²) in [6.07, 6.45) is 1.40. The van der Waals surface area contributed by atoms with Gasteiger partial charge >= 0.3 is 17.7 Å². The summed E-state index contributed by atoms with van der Waals surface area (Å²) in [5.74, 6) is -2.34. The molecule has 0 fully saturated rings. The number of nitrogens with one attached hydrogen (secondary N) is 1. The van der Waals surface area contributed by atoms with Crippen molar-refractivity contribution in [3.05, 3.63) is 116 Å². The van der Waals surface area contributed by atoms with Crippen LogP contribution in [0.25, 0.3) is 20.7 Å². The molecular formula is C32H30F2N6O5S. The first-order valence-corrected chi connectivity index (χ1v) is 14.9. The van der Waals surface area contributed by atoms with Crippen LogP contribution in [-0.4, -0.2) is 45.2 Å². The monoisotopic (exact) mass is 648 g/mol. The largest absolute Gasteiger partial charge is 0.469 e. The van der Waals surface area contributed by atoms with Crippen molar-refractivity contribution >= 4 is 39.2 Å². The summed E-state index contributed by atoms with van der Waals surface area (Å²) in [4.78, 5) is 58.5. The first kappa shape index (κ1) is 32.2. The second kappa shape index (κ2) is 13.8. The van der Waals surface area contributed by atoms with E-state index in [1.165, 1.54) is 13.2 Å². The second-order valence-electron chi connectivity index (χ2n) is 10.5. The summed E-state index contributed by atoms with van der Waals surface area (Å²) in [5.41, 5.74) is 5.89. The molecule has 0 radical (unpaired) electrons. The normalized spacial score (nSPS) is 11.2. The van der Waals surface area contributed by atoms with Crippen molar-refractivity contribution in [2.45, 2.75) is 32.6 Å². The van der Waals surface area contributed by atoms with Gasteiger partial charge in [-0.05, 0) is 54.6 Å². The van der Waals surface area contributed by atoms with Crippen molar-refractivity contribution in [3.63, 3.8) is 0 Å². The summed E-state index contributed by atoms with van der Waals surface area (Å²) >= 11 is 1.13. The van der Waals surface area contributed by atoms with E-state index in [0.29, 0.717) is 28.2 Å². The molecule has 5 aromatic rings. The molecule has 3 aromatic heterocycles. The number of carbonyl (C=O) groups excluding carboxylic acids is 2. The SMILES string of the molecule is COC(=O)CCn1c(=O)c2c(CN(C)Cc3ccccn3)c(-c3ccc(NC(N)=O)cc3)sc2n(Cc2c(F)cccc2F)c1=O. The third kappa shape index (κ3) is 6.87. The molecule has 0 saturated heterocycles. The van der Waals surface area contributed by atoms with Gasteiger partial charge in [-0.1, -0.05) is 24.3 Å². The van der Waals surface area contributed by atoms with E-state index in [-0.39, 0.29) is 35.3 Å². The molecule has 0 aliphatic carbocycles. The molecule has 2 amide bonds. The van der Waals surface area contributed by atoms with Crippen LogP contribution in [0.4, 0.5) is 19.3 Å². The van der Waals surface area contributed by atoms with E-state index in [2.05, 4.69) is 10.3 Å². The minimum Gasteiger partial charge on any atom is -0.469 e. The van der Waals surface area contributed by atoms with Crippen LogP contribution >= 0.6 is 11.3 Å². The minimum atomic E-state index is -0.850. The number of nitrogens with zero attached hydrogens (tertiary/aromatic N) is 4. The van der Waals surface area contributed by atoms with E-state index in [0.717, 1.165) is 38.3 Å². The Kier molecular flexibility index (Phi) is 9.68. The molecule has 0 spiro atoms. The number of rotatable bonds is 11. The van der Waals surface area contributed by atoms with E-state index >= 15 is 0 Å². The highest BCUT2D eigenvalue weighted by Crippen LogP contribution is 2.38. The van der Waals surface area contributed by atoms with Crippen molar-refractivity contribution in [1.29, 1.82) is 0 Å². The number of ether oxygens (including phenoxy) is 1. The van der Waals surface area contributed by atoms with Crippen LogP contribution in [0.15, 0.2) is 76.4 Å². The molecule has 2 aromatic carbocycles. The highest BCUT2D eigenvalue weighted by Gasteiger charge is 2.25. The van der Waals surface area contributed by atoms with E-state index < -0.39 is 41.4 Å². The number of halogens is 2. The summed E-state index contributed by atoms with van der Waals surface area (Å²) in [6, 6.07) is 14.9. The van der Waals surface area contributed by atoms with Gasteiger partial charge in [-0.15, -0.1) is 11.3 Å². The third-order valence-corrected chi connectivity index (χ3v) is 8.60. The number of hydrogen-bond donors (Lipinski definition) is 2.